The fraction of sp³-hybridized carbons (Fsp3) is 0.533. The molecule has 1 atom stereocenters. The lowest BCUT2D eigenvalue weighted by Gasteiger charge is -2.32. The van der Waals surface area contributed by atoms with Crippen molar-refractivity contribution in [1.29, 1.82) is 0 Å². The molecule has 2 rings (SSSR count). The summed E-state index contributed by atoms with van der Waals surface area (Å²) in [6, 6.07) is 5.90. The molecule has 1 N–H and O–H groups in total. The third-order valence-electron chi connectivity index (χ3n) is 3.19. The van der Waals surface area contributed by atoms with Gasteiger partial charge in [0.2, 0.25) is 0 Å². The first-order valence-electron chi connectivity index (χ1n) is 6.96. The van der Waals surface area contributed by atoms with Gasteiger partial charge in [0.1, 0.15) is 5.75 Å². The molecule has 1 amide bonds. The van der Waals surface area contributed by atoms with E-state index >= 15 is 0 Å². The highest BCUT2D eigenvalue weighted by molar-refractivity contribution is 9.10. The van der Waals surface area contributed by atoms with Crippen LogP contribution in [0.2, 0.25) is 0 Å². The van der Waals surface area contributed by atoms with Crippen molar-refractivity contribution in [3.63, 3.8) is 0 Å². The van der Waals surface area contributed by atoms with Gasteiger partial charge in [-0.2, -0.15) is 0 Å². The second-order valence-electron chi connectivity index (χ2n) is 5.41. The fourth-order valence-electron chi connectivity index (χ4n) is 2.31. The van der Waals surface area contributed by atoms with Gasteiger partial charge in [-0.3, -0.25) is 4.79 Å². The number of rotatable bonds is 3. The van der Waals surface area contributed by atoms with Crippen molar-refractivity contribution in [3.05, 3.63) is 28.2 Å². The van der Waals surface area contributed by atoms with Crippen LogP contribution in [-0.2, 0) is 0 Å². The molecule has 1 saturated heterocycles. The molecule has 0 aromatic heterocycles. The molecule has 4 nitrogen and oxygen atoms in total. The number of benzene rings is 1. The second-order valence-corrected chi connectivity index (χ2v) is 6.33. The zero-order valence-corrected chi connectivity index (χ0v) is 15.0. The van der Waals surface area contributed by atoms with Gasteiger partial charge in [0.25, 0.3) is 5.91 Å². The van der Waals surface area contributed by atoms with Crippen LogP contribution in [0.4, 0.5) is 0 Å². The smallest absolute Gasteiger partial charge is 0.257 e. The Morgan fingerprint density at radius 3 is 2.81 bits per heavy atom. The van der Waals surface area contributed by atoms with E-state index in [0.717, 1.165) is 24.1 Å². The Hall–Kier alpha value is -0.780. The molecule has 0 spiro atoms. The van der Waals surface area contributed by atoms with Crippen LogP contribution in [0.1, 0.15) is 31.1 Å². The topological polar surface area (TPSA) is 41.6 Å². The molecule has 0 radical (unpaired) electrons. The van der Waals surface area contributed by atoms with E-state index in [1.165, 1.54) is 0 Å². The molecule has 6 heteroatoms. The number of piperazine rings is 1. The van der Waals surface area contributed by atoms with Gasteiger partial charge in [0.05, 0.1) is 11.7 Å². The third-order valence-corrected chi connectivity index (χ3v) is 3.69. The van der Waals surface area contributed by atoms with Crippen molar-refractivity contribution in [3.8, 4) is 5.75 Å². The number of hydrogen-bond acceptors (Lipinski definition) is 3. The number of ether oxygens (including phenoxy) is 1. The molecule has 21 heavy (non-hydrogen) atoms. The molecule has 1 aliphatic rings. The number of nitrogens with one attached hydrogen (secondary N) is 1. The molecular weight excluding hydrogens is 356 g/mol. The number of hydrogen-bond donors (Lipinski definition) is 1. The Morgan fingerprint density at radius 1 is 1.48 bits per heavy atom. The van der Waals surface area contributed by atoms with E-state index in [-0.39, 0.29) is 24.4 Å². The van der Waals surface area contributed by atoms with E-state index < -0.39 is 0 Å². The second kappa shape index (κ2) is 8.01. The molecule has 1 unspecified atom stereocenters. The summed E-state index contributed by atoms with van der Waals surface area (Å²) in [6.45, 7) is 8.32. The minimum atomic E-state index is 0. The van der Waals surface area contributed by atoms with Gasteiger partial charge in [0.15, 0.2) is 0 Å². The maximum Gasteiger partial charge on any atom is 0.257 e. The molecule has 0 aliphatic carbocycles. The monoisotopic (exact) mass is 376 g/mol. The lowest BCUT2D eigenvalue weighted by Crippen LogP contribution is -2.51. The van der Waals surface area contributed by atoms with Gasteiger partial charge in [-0.25, -0.2) is 0 Å². The summed E-state index contributed by atoms with van der Waals surface area (Å²) < 4.78 is 6.69. The molecule has 1 aromatic carbocycles. The van der Waals surface area contributed by atoms with Crippen LogP contribution in [0.25, 0.3) is 0 Å². The summed E-state index contributed by atoms with van der Waals surface area (Å²) in [5, 5.41) is 3.34. The molecule has 1 aromatic rings. The fourth-order valence-corrected chi connectivity index (χ4v) is 2.65. The molecule has 118 valence electrons. The SMILES string of the molecule is CC1CN(C(=O)c2ccc(Br)cc2OC(C)C)CCN1.Cl. The van der Waals surface area contributed by atoms with E-state index in [1.807, 2.05) is 36.9 Å². The minimum absolute atomic E-state index is 0. The maximum atomic E-state index is 12.7. The van der Waals surface area contributed by atoms with Crippen LogP contribution in [0.3, 0.4) is 0 Å². The van der Waals surface area contributed by atoms with E-state index in [2.05, 4.69) is 28.2 Å². The predicted molar refractivity (Wildman–Crippen MR) is 90.5 cm³/mol. The van der Waals surface area contributed by atoms with E-state index in [1.54, 1.807) is 0 Å². The first-order valence-corrected chi connectivity index (χ1v) is 7.75. The third kappa shape index (κ3) is 4.87. The average Bonchev–Trinajstić information content (AvgIpc) is 2.37. The molecule has 1 fully saturated rings. The summed E-state index contributed by atoms with van der Waals surface area (Å²) in [5.74, 6) is 0.687. The van der Waals surface area contributed by atoms with Crippen LogP contribution in [0.15, 0.2) is 22.7 Å². The van der Waals surface area contributed by atoms with Crippen molar-refractivity contribution in [2.75, 3.05) is 19.6 Å². The maximum absolute atomic E-state index is 12.7. The largest absolute Gasteiger partial charge is 0.490 e. The van der Waals surface area contributed by atoms with E-state index in [4.69, 9.17) is 4.74 Å². The van der Waals surface area contributed by atoms with Crippen molar-refractivity contribution in [1.82, 2.24) is 10.2 Å². The normalized spacial score (nSPS) is 18.3. The quantitative estimate of drug-likeness (QED) is 0.880. The van der Waals surface area contributed by atoms with Gasteiger partial charge in [-0.05, 0) is 39.0 Å². The lowest BCUT2D eigenvalue weighted by atomic mass is 10.1. The summed E-state index contributed by atoms with van der Waals surface area (Å²) in [7, 11) is 0. The summed E-state index contributed by atoms with van der Waals surface area (Å²) in [5.41, 5.74) is 0.635. The molecule has 0 saturated carbocycles. The Kier molecular flexibility index (Phi) is 6.97. The van der Waals surface area contributed by atoms with Gasteiger partial charge >= 0.3 is 0 Å². The number of amides is 1. The number of carbonyl (C=O) groups is 1. The van der Waals surface area contributed by atoms with Crippen molar-refractivity contribution >= 4 is 34.2 Å². The van der Waals surface area contributed by atoms with Crippen molar-refractivity contribution in [2.24, 2.45) is 0 Å². The Morgan fingerprint density at radius 2 is 2.19 bits per heavy atom. The van der Waals surface area contributed by atoms with E-state index in [9.17, 15) is 4.79 Å². The molecular formula is C15H22BrClN2O2. The van der Waals surface area contributed by atoms with Gasteiger partial charge in [-0.1, -0.05) is 15.9 Å². The highest BCUT2D eigenvalue weighted by Crippen LogP contribution is 2.26. The number of carbonyl (C=O) groups excluding carboxylic acids is 1. The van der Waals surface area contributed by atoms with Crippen LogP contribution in [0, 0.1) is 0 Å². The van der Waals surface area contributed by atoms with Crippen molar-refractivity contribution < 1.29 is 9.53 Å². The van der Waals surface area contributed by atoms with Gasteiger partial charge in [0, 0.05) is 30.1 Å². The van der Waals surface area contributed by atoms with Crippen LogP contribution in [0.5, 0.6) is 5.75 Å². The number of nitrogens with zero attached hydrogens (tertiary/aromatic N) is 1. The zero-order valence-electron chi connectivity index (χ0n) is 12.6. The van der Waals surface area contributed by atoms with Crippen molar-refractivity contribution in [2.45, 2.75) is 32.9 Å². The summed E-state index contributed by atoms with van der Waals surface area (Å²) in [4.78, 5) is 14.5. The first kappa shape index (κ1) is 18.3. The zero-order chi connectivity index (χ0) is 14.7. The first-order chi connectivity index (χ1) is 9.47. The average molecular weight is 378 g/mol. The standard InChI is InChI=1S/C15H21BrN2O2.ClH/c1-10(2)20-14-8-12(16)4-5-13(14)15(19)18-7-6-17-11(3)9-18;/h4-5,8,10-11,17H,6-7,9H2,1-3H3;1H. The minimum Gasteiger partial charge on any atom is -0.490 e. The highest BCUT2D eigenvalue weighted by Gasteiger charge is 2.24. The van der Waals surface area contributed by atoms with Gasteiger partial charge < -0.3 is 15.0 Å². The van der Waals surface area contributed by atoms with Gasteiger partial charge in [-0.15, -0.1) is 12.4 Å². The van der Waals surface area contributed by atoms with Crippen LogP contribution in [-0.4, -0.2) is 42.6 Å². The Balaban J connectivity index is 0.00000220. The van der Waals surface area contributed by atoms with Crippen LogP contribution < -0.4 is 10.1 Å². The highest BCUT2D eigenvalue weighted by atomic mass is 79.9. The molecule has 1 heterocycles. The predicted octanol–water partition coefficient (Wildman–Crippen LogP) is 3.09. The Bertz CT molecular complexity index is 497. The van der Waals surface area contributed by atoms with Crippen LogP contribution >= 0.6 is 28.3 Å². The van der Waals surface area contributed by atoms with E-state index in [0.29, 0.717) is 17.4 Å². The summed E-state index contributed by atoms with van der Waals surface area (Å²) >= 11 is 3.43. The summed E-state index contributed by atoms with van der Waals surface area (Å²) in [6.07, 6.45) is 0.0396. The Labute approximate surface area is 140 Å². The number of halogens is 2. The molecule has 0 bridgehead atoms. The lowest BCUT2D eigenvalue weighted by molar-refractivity contribution is 0.0703. The molecule has 1 aliphatic heterocycles.